The van der Waals surface area contributed by atoms with Gasteiger partial charge >= 0.3 is 0 Å². The van der Waals surface area contributed by atoms with E-state index in [1.807, 2.05) is 30.3 Å². The molecule has 0 aliphatic carbocycles. The zero-order valence-electron chi connectivity index (χ0n) is 12.3. The van der Waals surface area contributed by atoms with Crippen molar-refractivity contribution < 1.29 is 13.3 Å². The highest BCUT2D eigenvalue weighted by molar-refractivity contribution is 7.89. The first-order valence-electron chi connectivity index (χ1n) is 7.31. The van der Waals surface area contributed by atoms with Crippen LogP contribution in [0, 0.1) is 10.1 Å². The standard InChI is InChI=1S/C16H16N2O4S/c19-18(20)14-8-4-9-15(12-14)23(21,22)17-11-5-10-16(17)13-6-2-1-3-7-13/h1-4,6-9,12,16H,5,10-11H2. The van der Waals surface area contributed by atoms with Crippen LogP contribution in [0.3, 0.4) is 0 Å². The SMILES string of the molecule is O=[N+]([O-])c1cccc(S(=O)(=O)N2CCCC2c2ccccc2)c1. The van der Waals surface area contributed by atoms with Crippen molar-refractivity contribution in [1.29, 1.82) is 0 Å². The van der Waals surface area contributed by atoms with Gasteiger partial charge in [-0.05, 0) is 24.5 Å². The lowest BCUT2D eigenvalue weighted by atomic mass is 10.1. The minimum atomic E-state index is -3.76. The smallest absolute Gasteiger partial charge is 0.258 e. The number of rotatable bonds is 4. The van der Waals surface area contributed by atoms with E-state index in [0.29, 0.717) is 6.54 Å². The molecule has 1 atom stereocenters. The summed E-state index contributed by atoms with van der Waals surface area (Å²) in [6.07, 6.45) is 1.52. The molecule has 0 amide bonds. The van der Waals surface area contributed by atoms with Crippen molar-refractivity contribution in [3.8, 4) is 0 Å². The molecule has 2 aromatic rings. The minimum Gasteiger partial charge on any atom is -0.258 e. The fraction of sp³-hybridized carbons (Fsp3) is 0.250. The van der Waals surface area contributed by atoms with E-state index in [4.69, 9.17) is 0 Å². The van der Waals surface area contributed by atoms with Gasteiger partial charge in [-0.2, -0.15) is 4.31 Å². The lowest BCUT2D eigenvalue weighted by molar-refractivity contribution is -0.385. The van der Waals surface area contributed by atoms with E-state index in [1.54, 1.807) is 0 Å². The molecule has 1 saturated heterocycles. The van der Waals surface area contributed by atoms with E-state index < -0.39 is 14.9 Å². The molecule has 120 valence electrons. The summed E-state index contributed by atoms with van der Waals surface area (Å²) in [5.41, 5.74) is 0.723. The molecular weight excluding hydrogens is 316 g/mol. The van der Waals surface area contributed by atoms with Crippen LogP contribution in [0.1, 0.15) is 24.4 Å². The lowest BCUT2D eigenvalue weighted by Gasteiger charge is -2.24. The summed E-state index contributed by atoms with van der Waals surface area (Å²) in [4.78, 5) is 10.3. The van der Waals surface area contributed by atoms with Gasteiger partial charge in [-0.15, -0.1) is 0 Å². The fourth-order valence-electron chi connectivity index (χ4n) is 2.93. The van der Waals surface area contributed by atoms with Gasteiger partial charge < -0.3 is 0 Å². The van der Waals surface area contributed by atoms with Gasteiger partial charge in [-0.1, -0.05) is 36.4 Å². The van der Waals surface area contributed by atoms with E-state index >= 15 is 0 Å². The van der Waals surface area contributed by atoms with Gasteiger partial charge in [0.25, 0.3) is 5.69 Å². The molecule has 0 spiro atoms. The maximum Gasteiger partial charge on any atom is 0.270 e. The van der Waals surface area contributed by atoms with E-state index in [1.165, 1.54) is 22.5 Å². The maximum atomic E-state index is 12.9. The van der Waals surface area contributed by atoms with Gasteiger partial charge in [-0.25, -0.2) is 8.42 Å². The topological polar surface area (TPSA) is 80.5 Å². The molecule has 1 aliphatic rings. The van der Waals surface area contributed by atoms with Gasteiger partial charge in [0.2, 0.25) is 10.0 Å². The van der Waals surface area contributed by atoms with Gasteiger partial charge in [0, 0.05) is 18.7 Å². The van der Waals surface area contributed by atoms with Crippen molar-refractivity contribution >= 4 is 15.7 Å². The number of benzene rings is 2. The van der Waals surface area contributed by atoms with Gasteiger partial charge in [-0.3, -0.25) is 10.1 Å². The number of non-ortho nitro benzene ring substituents is 1. The molecule has 0 saturated carbocycles. The molecule has 7 heteroatoms. The van der Waals surface area contributed by atoms with Crippen LogP contribution < -0.4 is 0 Å². The maximum absolute atomic E-state index is 12.9. The Hall–Kier alpha value is -2.25. The van der Waals surface area contributed by atoms with Crippen LogP contribution in [0.4, 0.5) is 5.69 Å². The molecular formula is C16H16N2O4S. The highest BCUT2D eigenvalue weighted by Crippen LogP contribution is 2.36. The Bertz CT molecular complexity index is 821. The predicted octanol–water partition coefficient (Wildman–Crippen LogP) is 3.12. The van der Waals surface area contributed by atoms with Crippen molar-refractivity contribution in [3.05, 3.63) is 70.3 Å². The second kappa shape index (κ2) is 6.10. The zero-order chi connectivity index (χ0) is 16.4. The second-order valence-electron chi connectivity index (χ2n) is 5.44. The minimum absolute atomic E-state index is 0.0328. The summed E-state index contributed by atoms with van der Waals surface area (Å²) >= 11 is 0. The van der Waals surface area contributed by atoms with Crippen LogP contribution in [0.15, 0.2) is 59.5 Å². The largest absolute Gasteiger partial charge is 0.270 e. The van der Waals surface area contributed by atoms with Gasteiger partial charge in [0.05, 0.1) is 15.9 Å². The molecule has 23 heavy (non-hydrogen) atoms. The number of nitrogens with zero attached hydrogens (tertiary/aromatic N) is 2. The van der Waals surface area contributed by atoms with E-state index in [9.17, 15) is 18.5 Å². The molecule has 3 rings (SSSR count). The summed E-state index contributed by atoms with van der Waals surface area (Å²) in [5, 5.41) is 10.9. The first-order chi connectivity index (χ1) is 11.0. The molecule has 0 aromatic heterocycles. The zero-order valence-corrected chi connectivity index (χ0v) is 13.1. The average molecular weight is 332 g/mol. The van der Waals surface area contributed by atoms with Crippen LogP contribution in [0.2, 0.25) is 0 Å². The Morgan fingerprint density at radius 3 is 2.52 bits per heavy atom. The van der Waals surface area contributed by atoms with E-state index in [0.717, 1.165) is 24.5 Å². The Kier molecular flexibility index (Phi) is 4.14. The molecule has 1 heterocycles. The molecule has 0 radical (unpaired) electrons. The summed E-state index contributed by atoms with van der Waals surface area (Å²) in [7, 11) is -3.76. The lowest BCUT2D eigenvalue weighted by Crippen LogP contribution is -2.30. The quantitative estimate of drug-likeness (QED) is 0.636. The molecule has 1 fully saturated rings. The van der Waals surface area contributed by atoms with Crippen LogP contribution >= 0.6 is 0 Å². The Morgan fingerprint density at radius 2 is 1.83 bits per heavy atom. The Morgan fingerprint density at radius 1 is 1.09 bits per heavy atom. The third-order valence-corrected chi connectivity index (χ3v) is 5.93. The Balaban J connectivity index is 1.99. The van der Waals surface area contributed by atoms with Crippen molar-refractivity contribution in [2.75, 3.05) is 6.54 Å². The average Bonchev–Trinajstić information content (AvgIpc) is 3.06. The molecule has 0 N–H and O–H groups in total. The number of sulfonamides is 1. The van der Waals surface area contributed by atoms with Gasteiger partial charge in [0.15, 0.2) is 0 Å². The summed E-state index contributed by atoms with van der Waals surface area (Å²) < 4.78 is 27.2. The summed E-state index contributed by atoms with van der Waals surface area (Å²) in [6, 6.07) is 14.5. The summed E-state index contributed by atoms with van der Waals surface area (Å²) in [5.74, 6) is 0. The van der Waals surface area contributed by atoms with Crippen molar-refractivity contribution in [2.24, 2.45) is 0 Å². The predicted molar refractivity (Wildman–Crippen MR) is 85.4 cm³/mol. The molecule has 6 nitrogen and oxygen atoms in total. The first-order valence-corrected chi connectivity index (χ1v) is 8.75. The highest BCUT2D eigenvalue weighted by atomic mass is 32.2. The highest BCUT2D eigenvalue weighted by Gasteiger charge is 2.36. The molecule has 1 unspecified atom stereocenters. The summed E-state index contributed by atoms with van der Waals surface area (Å²) in [6.45, 7) is 0.421. The van der Waals surface area contributed by atoms with Crippen LogP contribution in [0.5, 0.6) is 0 Å². The Labute approximate surface area is 134 Å². The van der Waals surface area contributed by atoms with Crippen LogP contribution in [-0.2, 0) is 10.0 Å². The number of nitro benzene ring substituents is 1. The molecule has 1 aliphatic heterocycles. The van der Waals surface area contributed by atoms with Crippen molar-refractivity contribution in [1.82, 2.24) is 4.31 Å². The third-order valence-electron chi connectivity index (χ3n) is 4.02. The van der Waals surface area contributed by atoms with Crippen LogP contribution in [-0.4, -0.2) is 24.2 Å². The third kappa shape index (κ3) is 2.97. The normalized spacial score (nSPS) is 18.9. The van der Waals surface area contributed by atoms with E-state index in [2.05, 4.69) is 0 Å². The van der Waals surface area contributed by atoms with E-state index in [-0.39, 0.29) is 16.6 Å². The van der Waals surface area contributed by atoms with Crippen molar-refractivity contribution in [3.63, 3.8) is 0 Å². The second-order valence-corrected chi connectivity index (χ2v) is 7.33. The van der Waals surface area contributed by atoms with Crippen LogP contribution in [0.25, 0.3) is 0 Å². The fourth-order valence-corrected chi connectivity index (χ4v) is 4.65. The molecule has 0 bridgehead atoms. The van der Waals surface area contributed by atoms with Crippen molar-refractivity contribution in [2.45, 2.75) is 23.8 Å². The monoisotopic (exact) mass is 332 g/mol. The number of nitro groups is 1. The molecule has 2 aromatic carbocycles. The first kappa shape index (κ1) is 15.6. The number of hydrogen-bond donors (Lipinski definition) is 0. The van der Waals surface area contributed by atoms with Gasteiger partial charge in [0.1, 0.15) is 0 Å². The number of hydrogen-bond acceptors (Lipinski definition) is 4.